The van der Waals surface area contributed by atoms with Crippen molar-refractivity contribution >= 4 is 5.69 Å². The number of pyridine rings is 1. The van der Waals surface area contributed by atoms with Crippen LogP contribution in [0.15, 0.2) is 18.3 Å². The Bertz CT molecular complexity index is 370. The van der Waals surface area contributed by atoms with Crippen LogP contribution >= 0.6 is 0 Å². The molecule has 0 aliphatic heterocycles. The molecule has 0 bridgehead atoms. The standard InChI is InChI=1S/C16H27N3/c1-4-10-17-13(3)16-9-8-15(11-18-16)19(5-2)12-14-6-7-14/h8-9,11,13-14,17H,4-7,10,12H2,1-3H3. The van der Waals surface area contributed by atoms with Crippen LogP contribution in [0.4, 0.5) is 5.69 Å². The van der Waals surface area contributed by atoms with Crippen molar-refractivity contribution in [2.45, 2.75) is 46.1 Å². The van der Waals surface area contributed by atoms with Gasteiger partial charge in [0.25, 0.3) is 0 Å². The number of nitrogens with zero attached hydrogens (tertiary/aromatic N) is 2. The van der Waals surface area contributed by atoms with Gasteiger partial charge in [0, 0.05) is 19.1 Å². The van der Waals surface area contributed by atoms with Gasteiger partial charge in [0.1, 0.15) is 0 Å². The zero-order valence-corrected chi connectivity index (χ0v) is 12.5. The lowest BCUT2D eigenvalue weighted by Crippen LogP contribution is -2.25. The van der Waals surface area contributed by atoms with Crippen LogP contribution in [0.1, 0.15) is 51.8 Å². The molecule has 106 valence electrons. The summed E-state index contributed by atoms with van der Waals surface area (Å²) in [6.07, 6.45) is 6.00. The van der Waals surface area contributed by atoms with E-state index in [1.165, 1.54) is 25.1 Å². The summed E-state index contributed by atoms with van der Waals surface area (Å²) in [5.41, 5.74) is 2.40. The highest BCUT2D eigenvalue weighted by Gasteiger charge is 2.24. The number of anilines is 1. The molecule has 3 nitrogen and oxygen atoms in total. The molecule has 1 aromatic rings. The van der Waals surface area contributed by atoms with Crippen molar-refractivity contribution in [2.24, 2.45) is 5.92 Å². The van der Waals surface area contributed by atoms with Crippen LogP contribution in [-0.2, 0) is 0 Å². The number of aromatic nitrogens is 1. The Morgan fingerprint density at radius 1 is 1.37 bits per heavy atom. The van der Waals surface area contributed by atoms with Crippen molar-refractivity contribution in [1.82, 2.24) is 10.3 Å². The first-order valence-corrected chi connectivity index (χ1v) is 7.68. The van der Waals surface area contributed by atoms with E-state index < -0.39 is 0 Å². The predicted octanol–water partition coefficient (Wildman–Crippen LogP) is 3.38. The van der Waals surface area contributed by atoms with E-state index in [1.807, 2.05) is 6.20 Å². The summed E-state index contributed by atoms with van der Waals surface area (Å²) >= 11 is 0. The third-order valence-electron chi connectivity index (χ3n) is 3.84. The number of hydrogen-bond acceptors (Lipinski definition) is 3. The zero-order chi connectivity index (χ0) is 13.7. The van der Waals surface area contributed by atoms with Gasteiger partial charge in [-0.3, -0.25) is 4.98 Å². The topological polar surface area (TPSA) is 28.2 Å². The van der Waals surface area contributed by atoms with E-state index in [0.717, 1.165) is 31.1 Å². The van der Waals surface area contributed by atoms with Crippen LogP contribution < -0.4 is 10.2 Å². The van der Waals surface area contributed by atoms with Crippen LogP contribution in [0, 0.1) is 5.92 Å². The molecule has 1 aliphatic rings. The number of rotatable bonds is 8. The molecule has 19 heavy (non-hydrogen) atoms. The minimum atomic E-state index is 0.340. The average Bonchev–Trinajstić information content (AvgIpc) is 3.26. The van der Waals surface area contributed by atoms with Crippen molar-refractivity contribution in [3.05, 3.63) is 24.0 Å². The first-order valence-electron chi connectivity index (χ1n) is 7.68. The lowest BCUT2D eigenvalue weighted by Gasteiger charge is -2.23. The van der Waals surface area contributed by atoms with Gasteiger partial charge in [-0.1, -0.05) is 6.92 Å². The SMILES string of the molecule is CCCNC(C)c1ccc(N(CC)CC2CC2)cn1. The first kappa shape index (κ1) is 14.3. The second-order valence-corrected chi connectivity index (χ2v) is 5.60. The third-order valence-corrected chi connectivity index (χ3v) is 3.84. The van der Waals surface area contributed by atoms with Crippen LogP contribution in [0.2, 0.25) is 0 Å². The van der Waals surface area contributed by atoms with Crippen molar-refractivity contribution in [1.29, 1.82) is 0 Å². The molecular formula is C16H27N3. The second-order valence-electron chi connectivity index (χ2n) is 5.60. The van der Waals surface area contributed by atoms with Gasteiger partial charge in [-0.15, -0.1) is 0 Å². The second kappa shape index (κ2) is 6.90. The molecule has 1 saturated carbocycles. The summed E-state index contributed by atoms with van der Waals surface area (Å²) in [4.78, 5) is 7.07. The molecule has 1 atom stereocenters. The highest BCUT2D eigenvalue weighted by molar-refractivity contribution is 5.44. The monoisotopic (exact) mass is 261 g/mol. The van der Waals surface area contributed by atoms with Gasteiger partial charge >= 0.3 is 0 Å². The Labute approximate surface area is 117 Å². The summed E-state index contributed by atoms with van der Waals surface area (Å²) in [5.74, 6) is 0.921. The lowest BCUT2D eigenvalue weighted by molar-refractivity contribution is 0.558. The summed E-state index contributed by atoms with van der Waals surface area (Å²) < 4.78 is 0. The summed E-state index contributed by atoms with van der Waals surface area (Å²) in [5, 5.41) is 3.48. The number of nitrogens with one attached hydrogen (secondary N) is 1. The smallest absolute Gasteiger partial charge is 0.0572 e. The zero-order valence-electron chi connectivity index (χ0n) is 12.5. The Hall–Kier alpha value is -1.09. The molecule has 3 heteroatoms. The van der Waals surface area contributed by atoms with Crippen molar-refractivity contribution < 1.29 is 0 Å². The first-order chi connectivity index (χ1) is 9.24. The maximum absolute atomic E-state index is 4.62. The van der Waals surface area contributed by atoms with Crippen LogP contribution in [0.3, 0.4) is 0 Å². The Morgan fingerprint density at radius 2 is 2.16 bits per heavy atom. The molecule has 0 saturated heterocycles. The largest absolute Gasteiger partial charge is 0.370 e. The Balaban J connectivity index is 1.95. The van der Waals surface area contributed by atoms with E-state index in [-0.39, 0.29) is 0 Å². The third kappa shape index (κ3) is 4.20. The van der Waals surface area contributed by atoms with Gasteiger partial charge in [0.05, 0.1) is 17.6 Å². The normalized spacial score (nSPS) is 16.4. The van der Waals surface area contributed by atoms with E-state index in [4.69, 9.17) is 0 Å². The molecule has 1 aromatic heterocycles. The van der Waals surface area contributed by atoms with Gasteiger partial charge < -0.3 is 10.2 Å². The lowest BCUT2D eigenvalue weighted by atomic mass is 10.2. The van der Waals surface area contributed by atoms with Gasteiger partial charge in [0.15, 0.2) is 0 Å². The molecule has 0 spiro atoms. The molecule has 1 unspecified atom stereocenters. The highest BCUT2D eigenvalue weighted by Crippen LogP contribution is 2.31. The predicted molar refractivity (Wildman–Crippen MR) is 81.6 cm³/mol. The molecule has 0 amide bonds. The van der Waals surface area contributed by atoms with E-state index in [1.54, 1.807) is 0 Å². The Kier molecular flexibility index (Phi) is 5.20. The fourth-order valence-corrected chi connectivity index (χ4v) is 2.34. The quantitative estimate of drug-likeness (QED) is 0.777. The van der Waals surface area contributed by atoms with Crippen molar-refractivity contribution in [3.63, 3.8) is 0 Å². The van der Waals surface area contributed by atoms with E-state index >= 15 is 0 Å². The molecule has 0 aromatic carbocycles. The molecule has 1 N–H and O–H groups in total. The maximum atomic E-state index is 4.62. The van der Waals surface area contributed by atoms with E-state index in [2.05, 4.69) is 48.1 Å². The van der Waals surface area contributed by atoms with Gasteiger partial charge in [-0.05, 0) is 57.7 Å². The van der Waals surface area contributed by atoms with Crippen molar-refractivity contribution in [3.8, 4) is 0 Å². The van der Waals surface area contributed by atoms with Crippen LogP contribution in [0.5, 0.6) is 0 Å². The minimum Gasteiger partial charge on any atom is -0.370 e. The number of hydrogen-bond donors (Lipinski definition) is 1. The maximum Gasteiger partial charge on any atom is 0.0572 e. The summed E-state index contributed by atoms with van der Waals surface area (Å²) in [7, 11) is 0. The van der Waals surface area contributed by atoms with E-state index in [0.29, 0.717) is 6.04 Å². The molecular weight excluding hydrogens is 234 g/mol. The van der Waals surface area contributed by atoms with Gasteiger partial charge in [0.2, 0.25) is 0 Å². The molecule has 1 fully saturated rings. The molecule has 0 radical (unpaired) electrons. The van der Waals surface area contributed by atoms with E-state index in [9.17, 15) is 0 Å². The average molecular weight is 261 g/mol. The highest BCUT2D eigenvalue weighted by atomic mass is 15.1. The van der Waals surface area contributed by atoms with Crippen molar-refractivity contribution in [2.75, 3.05) is 24.5 Å². The molecule has 1 heterocycles. The Morgan fingerprint density at radius 3 is 2.68 bits per heavy atom. The fourth-order valence-electron chi connectivity index (χ4n) is 2.34. The molecule has 2 rings (SSSR count). The molecule has 1 aliphatic carbocycles. The van der Waals surface area contributed by atoms with Gasteiger partial charge in [-0.2, -0.15) is 0 Å². The minimum absolute atomic E-state index is 0.340. The summed E-state index contributed by atoms with van der Waals surface area (Å²) in [6, 6.07) is 4.73. The van der Waals surface area contributed by atoms with Gasteiger partial charge in [-0.25, -0.2) is 0 Å². The summed E-state index contributed by atoms with van der Waals surface area (Å²) in [6.45, 7) is 9.91. The fraction of sp³-hybridized carbons (Fsp3) is 0.688. The van der Waals surface area contributed by atoms with Crippen LogP contribution in [-0.4, -0.2) is 24.6 Å². The van der Waals surface area contributed by atoms with Crippen LogP contribution in [0.25, 0.3) is 0 Å².